The van der Waals surface area contributed by atoms with Crippen LogP contribution in [0.1, 0.15) is 6.42 Å². The minimum absolute atomic E-state index is 0.343. The predicted octanol–water partition coefficient (Wildman–Crippen LogP) is 1.07. The molecule has 0 unspecified atom stereocenters. The lowest BCUT2D eigenvalue weighted by atomic mass is 10.3. The summed E-state index contributed by atoms with van der Waals surface area (Å²) in [5.41, 5.74) is 3.60. The van der Waals surface area contributed by atoms with E-state index < -0.39 is 24.2 Å². The van der Waals surface area contributed by atoms with Gasteiger partial charge in [-0.1, -0.05) is 0 Å². The van der Waals surface area contributed by atoms with E-state index in [0.29, 0.717) is 6.08 Å². The van der Waals surface area contributed by atoms with Crippen molar-refractivity contribution in [2.75, 3.05) is 0 Å². The van der Waals surface area contributed by atoms with Gasteiger partial charge in [-0.25, -0.2) is 0 Å². The van der Waals surface area contributed by atoms with Gasteiger partial charge in [0.15, 0.2) is 5.70 Å². The summed E-state index contributed by atoms with van der Waals surface area (Å²) < 4.78 is 34.4. The number of carbonyl (C=O) groups excluding carboxylic acids is 1. The van der Waals surface area contributed by atoms with Gasteiger partial charge in [0.2, 0.25) is 0 Å². The van der Waals surface area contributed by atoms with E-state index in [1.807, 2.05) is 5.18 Å². The van der Waals surface area contributed by atoms with Crippen LogP contribution >= 0.6 is 0 Å². The van der Waals surface area contributed by atoms with E-state index in [1.165, 1.54) is 0 Å². The molecular formula is C5H5F3N2O2. The quantitative estimate of drug-likeness (QED) is 0.523. The fourth-order valence-corrected chi connectivity index (χ4v) is 0.395. The minimum Gasteiger partial charge on any atom is -0.364 e. The number of rotatable bonds is 3. The average Bonchev–Trinajstić information content (AvgIpc) is 1.85. The van der Waals surface area contributed by atoms with Crippen molar-refractivity contribution in [3.05, 3.63) is 16.7 Å². The maximum Gasteiger partial charge on any atom is 0.392 e. The van der Waals surface area contributed by atoms with Crippen LogP contribution < -0.4 is 5.73 Å². The monoisotopic (exact) mass is 182 g/mol. The van der Waals surface area contributed by atoms with Gasteiger partial charge in [-0.2, -0.15) is 13.2 Å². The molecule has 0 aromatic rings. The molecule has 12 heavy (non-hydrogen) atoms. The third kappa shape index (κ3) is 4.42. The third-order valence-corrected chi connectivity index (χ3v) is 0.878. The first kappa shape index (κ1) is 10.6. The van der Waals surface area contributed by atoms with Crippen molar-refractivity contribution in [3.8, 4) is 0 Å². The van der Waals surface area contributed by atoms with Crippen molar-refractivity contribution in [1.82, 2.24) is 0 Å². The molecule has 7 heteroatoms. The van der Waals surface area contributed by atoms with E-state index in [1.54, 1.807) is 0 Å². The summed E-state index contributed by atoms with van der Waals surface area (Å²) in [6.45, 7) is 0. The topological polar surface area (TPSA) is 72.5 Å². The number of nitrogens with two attached hydrogens (primary N) is 1. The number of alkyl halides is 3. The molecule has 0 heterocycles. The highest BCUT2D eigenvalue weighted by Crippen LogP contribution is 2.20. The summed E-state index contributed by atoms with van der Waals surface area (Å²) in [6, 6.07) is 0. The molecule has 0 aliphatic heterocycles. The molecule has 0 aliphatic carbocycles. The Morgan fingerprint density at radius 3 is 2.25 bits per heavy atom. The number of nitroso groups, excluding NO2 is 1. The summed E-state index contributed by atoms with van der Waals surface area (Å²) in [5.74, 6) is -1.27. The summed E-state index contributed by atoms with van der Waals surface area (Å²) in [7, 11) is 0. The molecule has 0 fully saturated rings. The van der Waals surface area contributed by atoms with Crippen LogP contribution in [0.15, 0.2) is 16.9 Å². The zero-order valence-electron chi connectivity index (χ0n) is 5.76. The first-order valence-electron chi connectivity index (χ1n) is 2.77. The van der Waals surface area contributed by atoms with Gasteiger partial charge in [-0.15, -0.1) is 4.91 Å². The zero-order chi connectivity index (χ0) is 9.78. The average molecular weight is 182 g/mol. The van der Waals surface area contributed by atoms with E-state index in [2.05, 4.69) is 5.73 Å². The van der Waals surface area contributed by atoms with Crippen LogP contribution in [0.4, 0.5) is 13.2 Å². The standard InChI is InChI=1S/C5H5F3N2O2/c6-5(7,8)2-1-3(10-12)4(9)11/h1H,2H2,(H2,9,11)/b3-1+. The minimum atomic E-state index is -4.47. The molecule has 0 spiro atoms. The van der Waals surface area contributed by atoms with Gasteiger partial charge in [-0.3, -0.25) is 4.79 Å². The first-order chi connectivity index (χ1) is 5.37. The van der Waals surface area contributed by atoms with Crippen molar-refractivity contribution in [2.24, 2.45) is 10.9 Å². The molecule has 0 saturated carbocycles. The molecule has 0 radical (unpaired) electrons. The van der Waals surface area contributed by atoms with Crippen molar-refractivity contribution in [2.45, 2.75) is 12.6 Å². The maximum absolute atomic E-state index is 11.5. The zero-order valence-corrected chi connectivity index (χ0v) is 5.76. The summed E-state index contributed by atoms with van der Waals surface area (Å²) in [4.78, 5) is 19.8. The van der Waals surface area contributed by atoms with Crippen LogP contribution in [0.2, 0.25) is 0 Å². The number of hydrogen-bond acceptors (Lipinski definition) is 3. The molecule has 0 aromatic heterocycles. The Morgan fingerprint density at radius 1 is 1.50 bits per heavy atom. The molecule has 2 N–H and O–H groups in total. The number of hydrogen-bond donors (Lipinski definition) is 1. The third-order valence-electron chi connectivity index (χ3n) is 0.878. The van der Waals surface area contributed by atoms with Gasteiger partial charge in [-0.05, 0) is 11.3 Å². The lowest BCUT2D eigenvalue weighted by Crippen LogP contribution is -2.13. The Kier molecular flexibility index (Phi) is 3.39. The van der Waals surface area contributed by atoms with Crippen LogP contribution in [-0.2, 0) is 4.79 Å². The highest BCUT2D eigenvalue weighted by Gasteiger charge is 2.26. The van der Waals surface area contributed by atoms with Gasteiger partial charge in [0, 0.05) is 0 Å². The second-order valence-corrected chi connectivity index (χ2v) is 1.86. The largest absolute Gasteiger partial charge is 0.392 e. The van der Waals surface area contributed by atoms with E-state index in [4.69, 9.17) is 0 Å². The van der Waals surface area contributed by atoms with E-state index >= 15 is 0 Å². The van der Waals surface area contributed by atoms with Gasteiger partial charge in [0.25, 0.3) is 5.91 Å². The van der Waals surface area contributed by atoms with Gasteiger partial charge >= 0.3 is 6.18 Å². The number of primary amides is 1. The smallest absolute Gasteiger partial charge is 0.364 e. The molecule has 0 rings (SSSR count). The SMILES string of the molecule is NC(=O)/C(=C\CC(F)(F)F)N=O. The lowest BCUT2D eigenvalue weighted by molar-refractivity contribution is -0.125. The molecule has 4 nitrogen and oxygen atoms in total. The Hall–Kier alpha value is -1.40. The molecule has 0 saturated heterocycles. The molecular weight excluding hydrogens is 177 g/mol. The van der Waals surface area contributed by atoms with Crippen LogP contribution in [0.5, 0.6) is 0 Å². The van der Waals surface area contributed by atoms with Gasteiger partial charge < -0.3 is 5.73 Å². The summed E-state index contributed by atoms with van der Waals surface area (Å²) >= 11 is 0. The number of halogens is 3. The molecule has 1 amide bonds. The Bertz CT molecular complexity index is 221. The van der Waals surface area contributed by atoms with Crippen LogP contribution in [0.25, 0.3) is 0 Å². The Morgan fingerprint density at radius 2 is 2.00 bits per heavy atom. The van der Waals surface area contributed by atoms with Crippen LogP contribution in [0.3, 0.4) is 0 Å². The predicted molar refractivity (Wildman–Crippen MR) is 33.7 cm³/mol. The highest BCUT2D eigenvalue weighted by molar-refractivity contribution is 5.91. The number of carbonyl (C=O) groups is 1. The Labute approximate surface area is 65.2 Å². The van der Waals surface area contributed by atoms with Crippen molar-refractivity contribution >= 4 is 5.91 Å². The second-order valence-electron chi connectivity index (χ2n) is 1.86. The molecule has 0 bridgehead atoms. The van der Waals surface area contributed by atoms with E-state index in [-0.39, 0.29) is 0 Å². The molecule has 0 aromatic carbocycles. The van der Waals surface area contributed by atoms with E-state index in [0.717, 1.165) is 0 Å². The van der Waals surface area contributed by atoms with Gasteiger partial charge in [0.1, 0.15) is 0 Å². The lowest BCUT2D eigenvalue weighted by Gasteiger charge is -2.00. The fraction of sp³-hybridized carbons (Fsp3) is 0.400. The van der Waals surface area contributed by atoms with Gasteiger partial charge in [0.05, 0.1) is 6.42 Å². The normalized spacial score (nSPS) is 12.8. The number of allylic oxidation sites excluding steroid dienone is 1. The summed E-state index contributed by atoms with van der Waals surface area (Å²) in [5, 5.41) is 2.03. The Balaban J connectivity index is 4.32. The number of nitrogens with zero attached hydrogens (tertiary/aromatic N) is 1. The van der Waals surface area contributed by atoms with Crippen LogP contribution in [-0.4, -0.2) is 12.1 Å². The highest BCUT2D eigenvalue weighted by atomic mass is 19.4. The molecule has 0 atom stereocenters. The van der Waals surface area contributed by atoms with Crippen molar-refractivity contribution in [1.29, 1.82) is 0 Å². The molecule has 68 valence electrons. The maximum atomic E-state index is 11.5. The van der Waals surface area contributed by atoms with Crippen LogP contribution in [0, 0.1) is 4.91 Å². The molecule has 0 aliphatic rings. The van der Waals surface area contributed by atoms with Crippen molar-refractivity contribution < 1.29 is 18.0 Å². The van der Waals surface area contributed by atoms with E-state index in [9.17, 15) is 22.9 Å². The first-order valence-corrected chi connectivity index (χ1v) is 2.77. The summed E-state index contributed by atoms with van der Waals surface area (Å²) in [6.07, 6.45) is -5.52. The van der Waals surface area contributed by atoms with Crippen molar-refractivity contribution in [3.63, 3.8) is 0 Å². The number of amides is 1. The second kappa shape index (κ2) is 3.84. The fourth-order valence-electron chi connectivity index (χ4n) is 0.395.